The van der Waals surface area contributed by atoms with Crippen molar-refractivity contribution < 1.29 is 19.6 Å². The van der Waals surface area contributed by atoms with Crippen molar-refractivity contribution >= 4 is 23.3 Å². The van der Waals surface area contributed by atoms with Crippen LogP contribution in [0, 0.1) is 22.0 Å². The molecule has 0 spiro atoms. The predicted molar refractivity (Wildman–Crippen MR) is 100.0 cm³/mol. The lowest BCUT2D eigenvalue weighted by molar-refractivity contribution is -0.384. The molecule has 0 saturated carbocycles. The van der Waals surface area contributed by atoms with Gasteiger partial charge < -0.3 is 14.9 Å². The Morgan fingerprint density at radius 1 is 1.19 bits per heavy atom. The highest BCUT2D eigenvalue weighted by Crippen LogP contribution is 2.33. The molecule has 2 heterocycles. The van der Waals surface area contributed by atoms with Crippen LogP contribution in [-0.4, -0.2) is 53.0 Å². The van der Waals surface area contributed by atoms with Crippen LogP contribution < -0.4 is 4.90 Å². The summed E-state index contributed by atoms with van der Waals surface area (Å²) in [6, 6.07) is 4.61. The molecule has 1 N–H and O–H groups in total. The van der Waals surface area contributed by atoms with Crippen LogP contribution in [0.2, 0.25) is 0 Å². The molecule has 2 aliphatic rings. The van der Waals surface area contributed by atoms with E-state index in [-0.39, 0.29) is 23.7 Å². The first-order chi connectivity index (χ1) is 12.9. The number of nitro benzene ring substituents is 1. The van der Waals surface area contributed by atoms with Gasteiger partial charge in [0.15, 0.2) is 0 Å². The van der Waals surface area contributed by atoms with E-state index >= 15 is 0 Å². The molecular formula is C19H25N3O5. The predicted octanol–water partition coefficient (Wildman–Crippen LogP) is 2.77. The third-order valence-corrected chi connectivity index (χ3v) is 5.47. The molecule has 0 radical (unpaired) electrons. The number of hydrogen-bond donors (Lipinski definition) is 1. The minimum absolute atomic E-state index is 0.0678. The summed E-state index contributed by atoms with van der Waals surface area (Å²) < 4.78 is 0. The van der Waals surface area contributed by atoms with Gasteiger partial charge in [-0.05, 0) is 43.7 Å². The molecule has 0 aliphatic carbocycles. The van der Waals surface area contributed by atoms with E-state index in [0.717, 1.165) is 25.9 Å². The van der Waals surface area contributed by atoms with Crippen LogP contribution in [-0.2, 0) is 4.79 Å². The summed E-state index contributed by atoms with van der Waals surface area (Å²) in [5.74, 6) is -1.36. The number of nitro groups is 1. The van der Waals surface area contributed by atoms with E-state index in [2.05, 4.69) is 6.92 Å². The number of carboxylic acids is 1. The normalized spacial score (nSPS) is 23.1. The lowest BCUT2D eigenvalue weighted by Gasteiger charge is -2.33. The molecular weight excluding hydrogens is 350 g/mol. The molecule has 2 aliphatic heterocycles. The lowest BCUT2D eigenvalue weighted by Crippen LogP contribution is -2.42. The molecule has 8 nitrogen and oxygen atoms in total. The smallest absolute Gasteiger partial charge is 0.308 e. The Hall–Kier alpha value is -2.64. The molecule has 2 atom stereocenters. The van der Waals surface area contributed by atoms with E-state index in [1.54, 1.807) is 12.1 Å². The Morgan fingerprint density at radius 3 is 2.59 bits per heavy atom. The number of piperidine rings is 2. The fourth-order valence-electron chi connectivity index (χ4n) is 4.02. The fourth-order valence-corrected chi connectivity index (χ4v) is 4.02. The second-order valence-corrected chi connectivity index (χ2v) is 7.58. The van der Waals surface area contributed by atoms with Crippen LogP contribution >= 0.6 is 0 Å². The highest BCUT2D eigenvalue weighted by atomic mass is 16.6. The molecule has 0 bridgehead atoms. The van der Waals surface area contributed by atoms with E-state index in [1.165, 1.54) is 11.0 Å². The Labute approximate surface area is 157 Å². The van der Waals surface area contributed by atoms with Gasteiger partial charge in [0.2, 0.25) is 0 Å². The van der Waals surface area contributed by atoms with Crippen LogP contribution in [0.1, 0.15) is 43.0 Å². The van der Waals surface area contributed by atoms with Crippen molar-refractivity contribution in [2.24, 2.45) is 11.8 Å². The zero-order valence-corrected chi connectivity index (χ0v) is 15.5. The largest absolute Gasteiger partial charge is 0.481 e. The highest BCUT2D eigenvalue weighted by Gasteiger charge is 2.30. The number of carboxylic acid groups (broad SMARTS) is 1. The second-order valence-electron chi connectivity index (χ2n) is 7.58. The van der Waals surface area contributed by atoms with Gasteiger partial charge in [0.05, 0.1) is 10.8 Å². The number of carbonyl (C=O) groups excluding carboxylic acids is 1. The summed E-state index contributed by atoms with van der Waals surface area (Å²) in [4.78, 5) is 38.7. The zero-order chi connectivity index (χ0) is 19.6. The van der Waals surface area contributed by atoms with E-state index in [0.29, 0.717) is 31.0 Å². The Balaban J connectivity index is 1.84. The van der Waals surface area contributed by atoms with Gasteiger partial charge in [-0.25, -0.2) is 0 Å². The van der Waals surface area contributed by atoms with E-state index < -0.39 is 16.8 Å². The molecule has 1 aromatic rings. The maximum Gasteiger partial charge on any atom is 0.308 e. The van der Waals surface area contributed by atoms with Crippen LogP contribution in [0.5, 0.6) is 0 Å². The topological polar surface area (TPSA) is 104 Å². The van der Waals surface area contributed by atoms with Gasteiger partial charge in [0.1, 0.15) is 5.69 Å². The maximum absolute atomic E-state index is 12.8. The van der Waals surface area contributed by atoms with Crippen LogP contribution in [0.15, 0.2) is 18.2 Å². The van der Waals surface area contributed by atoms with E-state index in [1.807, 2.05) is 4.90 Å². The van der Waals surface area contributed by atoms with Gasteiger partial charge in [-0.1, -0.05) is 6.92 Å². The lowest BCUT2D eigenvalue weighted by atomic mass is 9.97. The van der Waals surface area contributed by atoms with Crippen molar-refractivity contribution in [1.82, 2.24) is 4.90 Å². The molecule has 2 fully saturated rings. The number of benzene rings is 1. The Bertz CT molecular complexity index is 751. The first kappa shape index (κ1) is 19.1. The fraction of sp³-hybridized carbons (Fsp3) is 0.579. The maximum atomic E-state index is 12.8. The van der Waals surface area contributed by atoms with Crippen molar-refractivity contribution in [3.05, 3.63) is 33.9 Å². The number of nitrogens with zero attached hydrogens (tertiary/aromatic N) is 3. The summed E-state index contributed by atoms with van der Waals surface area (Å²) in [7, 11) is 0. The molecule has 27 heavy (non-hydrogen) atoms. The molecule has 2 saturated heterocycles. The van der Waals surface area contributed by atoms with Crippen LogP contribution in [0.3, 0.4) is 0 Å². The molecule has 1 unspecified atom stereocenters. The summed E-state index contributed by atoms with van der Waals surface area (Å²) >= 11 is 0. The number of anilines is 1. The van der Waals surface area contributed by atoms with Gasteiger partial charge >= 0.3 is 5.97 Å². The van der Waals surface area contributed by atoms with E-state index in [9.17, 15) is 24.8 Å². The van der Waals surface area contributed by atoms with Crippen molar-refractivity contribution in [3.8, 4) is 0 Å². The van der Waals surface area contributed by atoms with Gasteiger partial charge in [0, 0.05) is 37.8 Å². The van der Waals surface area contributed by atoms with Gasteiger partial charge in [0.25, 0.3) is 11.6 Å². The minimum Gasteiger partial charge on any atom is -0.481 e. The van der Waals surface area contributed by atoms with Crippen molar-refractivity contribution in [2.45, 2.75) is 32.6 Å². The third-order valence-electron chi connectivity index (χ3n) is 5.47. The summed E-state index contributed by atoms with van der Waals surface area (Å²) in [5, 5.41) is 20.8. The average molecular weight is 375 g/mol. The first-order valence-electron chi connectivity index (χ1n) is 9.42. The molecule has 146 valence electrons. The first-order valence-corrected chi connectivity index (χ1v) is 9.42. The van der Waals surface area contributed by atoms with Crippen LogP contribution in [0.25, 0.3) is 0 Å². The molecule has 0 aromatic heterocycles. The van der Waals surface area contributed by atoms with Gasteiger partial charge in [-0.2, -0.15) is 0 Å². The number of hydrogen-bond acceptors (Lipinski definition) is 5. The SMILES string of the molecule is CC1CCCN(c2ccc(C(=O)N3CCC[C@H](C(=O)O)C3)cc2[N+](=O)[O-])C1. The molecule has 1 aromatic carbocycles. The van der Waals surface area contributed by atoms with Crippen molar-refractivity contribution in [1.29, 1.82) is 0 Å². The Kier molecular flexibility index (Phi) is 5.62. The summed E-state index contributed by atoms with van der Waals surface area (Å²) in [6.07, 6.45) is 3.27. The second kappa shape index (κ2) is 7.94. The number of carbonyl (C=O) groups is 2. The molecule has 8 heteroatoms. The van der Waals surface area contributed by atoms with Gasteiger partial charge in [-0.15, -0.1) is 0 Å². The van der Waals surface area contributed by atoms with Crippen molar-refractivity contribution in [3.63, 3.8) is 0 Å². The number of aliphatic carboxylic acids is 1. The van der Waals surface area contributed by atoms with Gasteiger partial charge in [-0.3, -0.25) is 19.7 Å². The van der Waals surface area contributed by atoms with Crippen LogP contribution in [0.4, 0.5) is 11.4 Å². The summed E-state index contributed by atoms with van der Waals surface area (Å²) in [6.45, 7) is 4.28. The average Bonchev–Trinajstić information content (AvgIpc) is 2.67. The quantitative estimate of drug-likeness (QED) is 0.641. The van der Waals surface area contributed by atoms with Crippen molar-refractivity contribution in [2.75, 3.05) is 31.1 Å². The van der Waals surface area contributed by atoms with E-state index in [4.69, 9.17) is 0 Å². The minimum atomic E-state index is -0.909. The number of likely N-dealkylation sites (tertiary alicyclic amines) is 1. The third kappa shape index (κ3) is 4.20. The Morgan fingerprint density at radius 2 is 1.93 bits per heavy atom. The number of rotatable bonds is 4. The number of amides is 1. The standard InChI is InChI=1S/C19H25N3O5/c1-13-4-2-8-20(11-13)16-7-6-14(10-17(16)22(26)27)18(23)21-9-3-5-15(12-21)19(24)25/h6-7,10,13,15H,2-5,8-9,11-12H2,1H3,(H,24,25)/t13?,15-/m0/s1. The summed E-state index contributed by atoms with van der Waals surface area (Å²) in [5.41, 5.74) is 0.716. The highest BCUT2D eigenvalue weighted by molar-refractivity contribution is 5.96. The molecule has 1 amide bonds. The zero-order valence-electron chi connectivity index (χ0n) is 15.5. The molecule has 3 rings (SSSR count). The monoisotopic (exact) mass is 375 g/mol.